The highest BCUT2D eigenvalue weighted by molar-refractivity contribution is 5.80. The summed E-state index contributed by atoms with van der Waals surface area (Å²) in [6.07, 6.45) is 3.37. The Balaban J connectivity index is 1.61. The summed E-state index contributed by atoms with van der Waals surface area (Å²) in [6, 6.07) is 0.0139. The second-order valence-corrected chi connectivity index (χ2v) is 6.91. The van der Waals surface area contributed by atoms with Crippen LogP contribution in [0, 0.1) is 12.8 Å². The molecule has 1 N–H and O–H groups in total. The molecule has 0 saturated carbocycles. The standard InChI is InChI=1S/C16H26N6O2/c1-11-17-14(19-18-11)13-5-4-8-22(13)15(23)12-6-9-21(10-7-12)16(24)20(2)3/h12-13H,4-10H2,1-3H3,(H,17,18,19)/t13-/m0/s1. The highest BCUT2D eigenvalue weighted by Crippen LogP contribution is 2.33. The highest BCUT2D eigenvalue weighted by Gasteiger charge is 2.37. The van der Waals surface area contributed by atoms with Crippen LogP contribution in [-0.4, -0.2) is 75.5 Å². The van der Waals surface area contributed by atoms with E-state index in [1.165, 1.54) is 0 Å². The van der Waals surface area contributed by atoms with Gasteiger partial charge in [-0.05, 0) is 32.6 Å². The van der Waals surface area contributed by atoms with Gasteiger partial charge in [-0.2, -0.15) is 5.10 Å². The first-order valence-electron chi connectivity index (χ1n) is 8.63. The molecule has 3 heterocycles. The highest BCUT2D eigenvalue weighted by atomic mass is 16.2. The Morgan fingerprint density at radius 3 is 2.46 bits per heavy atom. The minimum atomic E-state index is -0.0103. The zero-order valence-electron chi connectivity index (χ0n) is 14.7. The second kappa shape index (κ2) is 6.78. The van der Waals surface area contributed by atoms with E-state index >= 15 is 0 Å². The fourth-order valence-electron chi connectivity index (χ4n) is 3.64. The molecule has 2 aliphatic heterocycles. The van der Waals surface area contributed by atoms with Gasteiger partial charge in [0, 0.05) is 39.6 Å². The van der Waals surface area contributed by atoms with Crippen LogP contribution in [-0.2, 0) is 4.79 Å². The molecule has 0 aliphatic carbocycles. The Labute approximate surface area is 142 Å². The van der Waals surface area contributed by atoms with Gasteiger partial charge in [-0.25, -0.2) is 9.78 Å². The van der Waals surface area contributed by atoms with Crippen molar-refractivity contribution in [3.8, 4) is 0 Å². The number of aromatic nitrogens is 3. The van der Waals surface area contributed by atoms with E-state index in [0.29, 0.717) is 13.1 Å². The van der Waals surface area contributed by atoms with Gasteiger partial charge < -0.3 is 14.7 Å². The third kappa shape index (κ3) is 3.22. The Kier molecular flexibility index (Phi) is 4.73. The fraction of sp³-hybridized carbons (Fsp3) is 0.750. The lowest BCUT2D eigenvalue weighted by atomic mass is 9.95. The Bertz CT molecular complexity index is 605. The number of carbonyl (C=O) groups is 2. The van der Waals surface area contributed by atoms with E-state index in [1.54, 1.807) is 19.0 Å². The van der Waals surface area contributed by atoms with Crippen LogP contribution in [0.15, 0.2) is 0 Å². The first-order chi connectivity index (χ1) is 11.5. The number of carbonyl (C=O) groups excluding carboxylic acids is 2. The average Bonchev–Trinajstić information content (AvgIpc) is 3.22. The van der Waals surface area contributed by atoms with Crippen molar-refractivity contribution in [1.29, 1.82) is 0 Å². The molecule has 1 aromatic heterocycles. The molecular formula is C16H26N6O2. The van der Waals surface area contributed by atoms with Crippen molar-refractivity contribution >= 4 is 11.9 Å². The molecule has 0 radical (unpaired) electrons. The average molecular weight is 334 g/mol. The van der Waals surface area contributed by atoms with Crippen LogP contribution < -0.4 is 0 Å². The smallest absolute Gasteiger partial charge is 0.319 e. The molecular weight excluding hydrogens is 308 g/mol. The van der Waals surface area contributed by atoms with Gasteiger partial charge in [-0.1, -0.05) is 0 Å². The Hall–Kier alpha value is -2.12. The number of nitrogens with zero attached hydrogens (tertiary/aromatic N) is 5. The van der Waals surface area contributed by atoms with Crippen LogP contribution in [0.4, 0.5) is 4.79 Å². The fourth-order valence-corrected chi connectivity index (χ4v) is 3.64. The predicted octanol–water partition coefficient (Wildman–Crippen LogP) is 1.17. The number of aryl methyl sites for hydroxylation is 1. The van der Waals surface area contributed by atoms with Crippen LogP contribution in [0.2, 0.25) is 0 Å². The van der Waals surface area contributed by atoms with Crippen molar-refractivity contribution in [2.24, 2.45) is 5.92 Å². The molecule has 2 saturated heterocycles. The van der Waals surface area contributed by atoms with E-state index in [4.69, 9.17) is 0 Å². The largest absolute Gasteiger partial charge is 0.332 e. The van der Waals surface area contributed by atoms with Crippen molar-refractivity contribution in [3.63, 3.8) is 0 Å². The number of rotatable bonds is 2. The number of piperidine rings is 1. The number of aromatic amines is 1. The summed E-state index contributed by atoms with van der Waals surface area (Å²) < 4.78 is 0. The number of likely N-dealkylation sites (tertiary alicyclic amines) is 2. The lowest BCUT2D eigenvalue weighted by molar-refractivity contribution is -0.138. The van der Waals surface area contributed by atoms with Crippen molar-refractivity contribution < 1.29 is 9.59 Å². The number of urea groups is 1. The summed E-state index contributed by atoms with van der Waals surface area (Å²) in [6.45, 7) is 3.93. The van der Waals surface area contributed by atoms with E-state index < -0.39 is 0 Å². The van der Waals surface area contributed by atoms with Gasteiger partial charge in [-0.15, -0.1) is 0 Å². The maximum absolute atomic E-state index is 12.9. The minimum absolute atomic E-state index is 0.00292. The lowest BCUT2D eigenvalue weighted by Gasteiger charge is -2.35. The summed E-state index contributed by atoms with van der Waals surface area (Å²) in [5.41, 5.74) is 0. The van der Waals surface area contributed by atoms with Gasteiger partial charge in [0.05, 0.1) is 6.04 Å². The summed E-state index contributed by atoms with van der Waals surface area (Å²) in [7, 11) is 3.51. The molecule has 0 aromatic carbocycles. The van der Waals surface area contributed by atoms with Crippen molar-refractivity contribution in [2.75, 3.05) is 33.7 Å². The Morgan fingerprint density at radius 1 is 1.17 bits per heavy atom. The maximum atomic E-state index is 12.9. The van der Waals surface area contributed by atoms with Crippen LogP contribution in [0.25, 0.3) is 0 Å². The normalized spacial score (nSPS) is 22.0. The molecule has 8 nitrogen and oxygen atoms in total. The molecule has 132 valence electrons. The quantitative estimate of drug-likeness (QED) is 0.880. The molecule has 3 rings (SSSR count). The zero-order chi connectivity index (χ0) is 17.3. The lowest BCUT2D eigenvalue weighted by Crippen LogP contribution is -2.47. The van der Waals surface area contributed by atoms with Crippen LogP contribution >= 0.6 is 0 Å². The molecule has 1 aromatic rings. The third-order valence-electron chi connectivity index (χ3n) is 4.95. The Morgan fingerprint density at radius 2 is 1.88 bits per heavy atom. The maximum Gasteiger partial charge on any atom is 0.319 e. The predicted molar refractivity (Wildman–Crippen MR) is 88.2 cm³/mol. The SMILES string of the molecule is Cc1nc([C@@H]2CCCN2C(=O)C2CCN(C(=O)N(C)C)CC2)n[nH]1. The van der Waals surface area contributed by atoms with Crippen molar-refractivity contribution in [3.05, 3.63) is 11.6 Å². The van der Waals surface area contributed by atoms with Crippen molar-refractivity contribution in [2.45, 2.75) is 38.6 Å². The molecule has 1 atom stereocenters. The van der Waals surface area contributed by atoms with Gasteiger partial charge in [0.25, 0.3) is 0 Å². The zero-order valence-corrected chi connectivity index (χ0v) is 14.7. The van der Waals surface area contributed by atoms with Crippen molar-refractivity contribution in [1.82, 2.24) is 29.9 Å². The van der Waals surface area contributed by atoms with Gasteiger partial charge in [0.15, 0.2) is 5.82 Å². The number of amides is 3. The first kappa shape index (κ1) is 16.7. The molecule has 2 aliphatic rings. The van der Waals surface area contributed by atoms with Gasteiger partial charge >= 0.3 is 6.03 Å². The van der Waals surface area contributed by atoms with E-state index in [0.717, 1.165) is 43.9 Å². The monoisotopic (exact) mass is 334 g/mol. The topological polar surface area (TPSA) is 85.4 Å². The van der Waals surface area contributed by atoms with Gasteiger partial charge in [0.2, 0.25) is 5.91 Å². The van der Waals surface area contributed by atoms with E-state index in [9.17, 15) is 9.59 Å². The molecule has 3 amide bonds. The van der Waals surface area contributed by atoms with Crippen LogP contribution in [0.1, 0.15) is 43.4 Å². The third-order valence-corrected chi connectivity index (χ3v) is 4.95. The summed E-state index contributed by atoms with van der Waals surface area (Å²) >= 11 is 0. The minimum Gasteiger partial charge on any atom is -0.332 e. The molecule has 0 spiro atoms. The number of hydrogen-bond donors (Lipinski definition) is 1. The number of nitrogens with one attached hydrogen (secondary N) is 1. The summed E-state index contributed by atoms with van der Waals surface area (Å²) in [5, 5.41) is 7.11. The van der Waals surface area contributed by atoms with E-state index in [-0.39, 0.29) is 23.9 Å². The van der Waals surface area contributed by atoms with E-state index in [1.807, 2.05) is 16.7 Å². The molecule has 0 bridgehead atoms. The van der Waals surface area contributed by atoms with Gasteiger partial charge in [0.1, 0.15) is 5.82 Å². The first-order valence-corrected chi connectivity index (χ1v) is 8.63. The molecule has 8 heteroatoms. The number of hydrogen-bond acceptors (Lipinski definition) is 4. The number of H-pyrrole nitrogens is 1. The van der Waals surface area contributed by atoms with E-state index in [2.05, 4.69) is 15.2 Å². The second-order valence-electron chi connectivity index (χ2n) is 6.91. The molecule has 24 heavy (non-hydrogen) atoms. The van der Waals surface area contributed by atoms with Crippen LogP contribution in [0.5, 0.6) is 0 Å². The summed E-state index contributed by atoms with van der Waals surface area (Å²) in [5.74, 6) is 1.69. The molecule has 2 fully saturated rings. The molecule has 0 unspecified atom stereocenters. The summed E-state index contributed by atoms with van der Waals surface area (Å²) in [4.78, 5) is 34.7. The van der Waals surface area contributed by atoms with Crippen LogP contribution in [0.3, 0.4) is 0 Å². The van der Waals surface area contributed by atoms with Gasteiger partial charge in [-0.3, -0.25) is 9.89 Å².